The zero-order valence-electron chi connectivity index (χ0n) is 11.7. The van der Waals surface area contributed by atoms with Gasteiger partial charge < -0.3 is 10.3 Å². The number of rotatable bonds is 4. The van der Waals surface area contributed by atoms with Crippen LogP contribution in [0.1, 0.15) is 31.3 Å². The molecule has 0 aliphatic heterocycles. The predicted molar refractivity (Wildman–Crippen MR) is 77.1 cm³/mol. The van der Waals surface area contributed by atoms with Crippen LogP contribution in [-0.2, 0) is 13.1 Å². The fourth-order valence-corrected chi connectivity index (χ4v) is 2.51. The molecule has 6 heteroatoms. The van der Waals surface area contributed by atoms with Crippen LogP contribution in [0.2, 0.25) is 0 Å². The molecule has 0 radical (unpaired) electrons. The van der Waals surface area contributed by atoms with E-state index in [1.54, 1.807) is 12.7 Å². The number of nitrogens with two attached hydrogens (primary N) is 1. The fourth-order valence-electron chi connectivity index (χ4n) is 2.51. The van der Waals surface area contributed by atoms with Crippen molar-refractivity contribution in [3.63, 3.8) is 0 Å². The van der Waals surface area contributed by atoms with Crippen molar-refractivity contribution in [3.8, 4) is 0 Å². The summed E-state index contributed by atoms with van der Waals surface area (Å²) >= 11 is 0. The summed E-state index contributed by atoms with van der Waals surface area (Å²) in [4.78, 5) is 8.77. The maximum Gasteiger partial charge on any atom is 0.137 e. The van der Waals surface area contributed by atoms with E-state index in [9.17, 15) is 0 Å². The average Bonchev–Trinajstić information content (AvgIpc) is 3.12. The lowest BCUT2D eigenvalue weighted by atomic mass is 10.2. The molecule has 0 saturated heterocycles. The van der Waals surface area contributed by atoms with E-state index in [1.165, 1.54) is 0 Å². The van der Waals surface area contributed by atoms with Gasteiger partial charge in [-0.05, 0) is 31.5 Å². The van der Waals surface area contributed by atoms with Gasteiger partial charge in [0.1, 0.15) is 24.5 Å². The van der Waals surface area contributed by atoms with E-state index in [2.05, 4.69) is 46.7 Å². The highest BCUT2D eigenvalue weighted by atomic mass is 15.3. The molecule has 1 unspecified atom stereocenters. The Morgan fingerprint density at radius 2 is 2.20 bits per heavy atom. The van der Waals surface area contributed by atoms with Gasteiger partial charge >= 0.3 is 0 Å². The van der Waals surface area contributed by atoms with Crippen molar-refractivity contribution in [1.82, 2.24) is 24.3 Å². The van der Waals surface area contributed by atoms with Gasteiger partial charge in [0, 0.05) is 13.1 Å². The lowest BCUT2D eigenvalue weighted by molar-refractivity contribution is 0.511. The number of fused-ring (bicyclic) bond motifs is 1. The minimum atomic E-state index is 0.0474. The number of hydrogen-bond donors (Lipinski definition) is 1. The summed E-state index contributed by atoms with van der Waals surface area (Å²) < 4.78 is 4.03. The van der Waals surface area contributed by atoms with Crippen molar-refractivity contribution < 1.29 is 0 Å². The summed E-state index contributed by atoms with van der Waals surface area (Å²) in [6.45, 7) is 5.59. The normalized spacial score (nSPS) is 12.9. The molecule has 2 aromatic heterocycles. The molecule has 0 bridgehead atoms. The van der Waals surface area contributed by atoms with Crippen LogP contribution < -0.4 is 5.73 Å². The summed E-state index contributed by atoms with van der Waals surface area (Å²) in [6.07, 6.45) is 3.26. The summed E-state index contributed by atoms with van der Waals surface area (Å²) in [5.41, 5.74) is 8.91. The molecule has 2 N–H and O–H groups in total. The molecule has 104 valence electrons. The second-order valence-corrected chi connectivity index (χ2v) is 4.79. The Labute approximate surface area is 117 Å². The van der Waals surface area contributed by atoms with Gasteiger partial charge in [0.2, 0.25) is 0 Å². The molecule has 6 nitrogen and oxygen atoms in total. The van der Waals surface area contributed by atoms with Crippen LogP contribution in [0, 0.1) is 0 Å². The summed E-state index contributed by atoms with van der Waals surface area (Å²) in [5, 5.41) is 4.20. The molecule has 0 aliphatic rings. The van der Waals surface area contributed by atoms with E-state index < -0.39 is 0 Å². The van der Waals surface area contributed by atoms with Crippen LogP contribution in [0.5, 0.6) is 0 Å². The number of nitrogens with zero attached hydrogens (tertiary/aromatic N) is 5. The average molecular weight is 270 g/mol. The summed E-state index contributed by atoms with van der Waals surface area (Å²) in [6, 6.07) is 6.25. The van der Waals surface area contributed by atoms with Crippen molar-refractivity contribution in [1.29, 1.82) is 0 Å². The van der Waals surface area contributed by atoms with Gasteiger partial charge in [-0.3, -0.25) is 0 Å². The Hall–Kier alpha value is -2.21. The van der Waals surface area contributed by atoms with Gasteiger partial charge in [-0.25, -0.2) is 14.6 Å². The molecule has 20 heavy (non-hydrogen) atoms. The maximum absolute atomic E-state index is 5.70. The van der Waals surface area contributed by atoms with E-state index >= 15 is 0 Å². The van der Waals surface area contributed by atoms with Crippen LogP contribution in [0.4, 0.5) is 0 Å². The standard InChI is InChI=1S/C14H18N6/c1-3-19-13-5-4-11(7-15)6-12(13)18-14(19)10(2)20-9-16-8-17-20/h4-6,8-10H,3,7,15H2,1-2H3. The number of aromatic nitrogens is 5. The Balaban J connectivity index is 2.15. The van der Waals surface area contributed by atoms with Gasteiger partial charge in [-0.15, -0.1) is 0 Å². The van der Waals surface area contributed by atoms with Crippen LogP contribution in [0.25, 0.3) is 11.0 Å². The number of hydrogen-bond acceptors (Lipinski definition) is 4. The van der Waals surface area contributed by atoms with Gasteiger partial charge in [0.15, 0.2) is 0 Å². The van der Waals surface area contributed by atoms with Crippen molar-refractivity contribution >= 4 is 11.0 Å². The monoisotopic (exact) mass is 270 g/mol. The fraction of sp³-hybridized carbons (Fsp3) is 0.357. The second kappa shape index (κ2) is 5.05. The van der Waals surface area contributed by atoms with E-state index in [1.807, 2.05) is 4.68 Å². The topological polar surface area (TPSA) is 74.5 Å². The van der Waals surface area contributed by atoms with Crippen LogP contribution in [-0.4, -0.2) is 24.3 Å². The first-order valence-corrected chi connectivity index (χ1v) is 6.77. The minimum Gasteiger partial charge on any atom is -0.326 e. The predicted octanol–water partition coefficient (Wildman–Crippen LogP) is 1.72. The number of benzene rings is 1. The zero-order chi connectivity index (χ0) is 14.1. The van der Waals surface area contributed by atoms with Crippen LogP contribution in [0.15, 0.2) is 30.9 Å². The first-order valence-electron chi connectivity index (χ1n) is 6.77. The third-order valence-corrected chi connectivity index (χ3v) is 3.60. The molecule has 0 spiro atoms. The molecular weight excluding hydrogens is 252 g/mol. The Morgan fingerprint density at radius 3 is 2.85 bits per heavy atom. The second-order valence-electron chi connectivity index (χ2n) is 4.79. The Bertz CT molecular complexity index is 713. The highest BCUT2D eigenvalue weighted by molar-refractivity contribution is 5.77. The van der Waals surface area contributed by atoms with Gasteiger partial charge in [-0.2, -0.15) is 5.10 Å². The van der Waals surface area contributed by atoms with Gasteiger partial charge in [0.05, 0.1) is 11.0 Å². The van der Waals surface area contributed by atoms with E-state index in [0.717, 1.165) is 29.0 Å². The van der Waals surface area contributed by atoms with E-state index in [-0.39, 0.29) is 6.04 Å². The minimum absolute atomic E-state index is 0.0474. The lowest BCUT2D eigenvalue weighted by Gasteiger charge is -2.13. The van der Waals surface area contributed by atoms with Gasteiger partial charge in [-0.1, -0.05) is 6.07 Å². The third kappa shape index (κ3) is 1.98. The van der Waals surface area contributed by atoms with Crippen molar-refractivity contribution in [3.05, 3.63) is 42.2 Å². The highest BCUT2D eigenvalue weighted by Gasteiger charge is 2.17. The lowest BCUT2D eigenvalue weighted by Crippen LogP contribution is -2.13. The largest absolute Gasteiger partial charge is 0.326 e. The quantitative estimate of drug-likeness (QED) is 0.783. The summed E-state index contributed by atoms with van der Waals surface area (Å²) in [5.74, 6) is 0.988. The SMILES string of the molecule is CCn1c(C(C)n2cncn2)nc2cc(CN)ccc21. The van der Waals surface area contributed by atoms with Crippen LogP contribution >= 0.6 is 0 Å². The van der Waals surface area contributed by atoms with Crippen molar-refractivity contribution in [2.45, 2.75) is 33.0 Å². The first kappa shape index (κ1) is 12.8. The molecule has 0 saturated carbocycles. The third-order valence-electron chi connectivity index (χ3n) is 3.60. The molecule has 1 aromatic carbocycles. The molecule has 0 fully saturated rings. The van der Waals surface area contributed by atoms with Crippen LogP contribution in [0.3, 0.4) is 0 Å². The number of imidazole rings is 1. The number of aryl methyl sites for hydroxylation is 1. The molecule has 0 amide bonds. The van der Waals surface area contributed by atoms with Crippen molar-refractivity contribution in [2.24, 2.45) is 5.73 Å². The van der Waals surface area contributed by atoms with E-state index in [4.69, 9.17) is 10.7 Å². The molecule has 2 heterocycles. The maximum atomic E-state index is 5.70. The smallest absolute Gasteiger partial charge is 0.137 e. The zero-order valence-corrected chi connectivity index (χ0v) is 11.7. The van der Waals surface area contributed by atoms with Gasteiger partial charge in [0.25, 0.3) is 0 Å². The van der Waals surface area contributed by atoms with E-state index in [0.29, 0.717) is 6.54 Å². The molecule has 0 aliphatic carbocycles. The molecule has 3 aromatic rings. The molecule has 3 rings (SSSR count). The Kier molecular flexibility index (Phi) is 3.23. The molecular formula is C14H18N6. The summed E-state index contributed by atoms with van der Waals surface area (Å²) in [7, 11) is 0. The molecule has 1 atom stereocenters. The Morgan fingerprint density at radius 1 is 1.35 bits per heavy atom. The first-order chi connectivity index (χ1) is 9.74. The van der Waals surface area contributed by atoms with Crippen molar-refractivity contribution in [2.75, 3.05) is 0 Å². The highest BCUT2D eigenvalue weighted by Crippen LogP contribution is 2.23.